The van der Waals surface area contributed by atoms with Crippen LogP contribution in [0.4, 0.5) is 0 Å². The van der Waals surface area contributed by atoms with Gasteiger partial charge in [-0.15, -0.1) is 0 Å². The summed E-state index contributed by atoms with van der Waals surface area (Å²) in [7, 11) is 0. The van der Waals surface area contributed by atoms with Gasteiger partial charge in [0.05, 0.1) is 15.6 Å². The molecule has 0 saturated carbocycles. The van der Waals surface area contributed by atoms with Crippen LogP contribution in [-0.4, -0.2) is 11.3 Å². The minimum Gasteiger partial charge on any atom is -0.298 e. The molecule has 1 heterocycles. The van der Waals surface area contributed by atoms with E-state index in [2.05, 4.69) is 4.98 Å². The largest absolute Gasteiger partial charge is 0.298 e. The Bertz CT molecular complexity index is 593. The van der Waals surface area contributed by atoms with E-state index in [0.29, 0.717) is 21.1 Å². The van der Waals surface area contributed by atoms with Gasteiger partial charge in [0.15, 0.2) is 6.29 Å². The molecule has 0 fully saturated rings. The molecule has 0 radical (unpaired) electrons. The molecule has 0 aliphatic carbocycles. The van der Waals surface area contributed by atoms with Gasteiger partial charge in [0.1, 0.15) is 0 Å². The fraction of sp³-hybridized carbons (Fsp3) is 0.231. The topological polar surface area (TPSA) is 30.0 Å². The van der Waals surface area contributed by atoms with E-state index in [1.165, 1.54) is 0 Å². The fourth-order valence-electron chi connectivity index (χ4n) is 1.67. The first kappa shape index (κ1) is 12.3. The van der Waals surface area contributed by atoms with Crippen molar-refractivity contribution in [3.8, 4) is 0 Å². The van der Waals surface area contributed by atoms with Gasteiger partial charge in [-0.2, -0.15) is 0 Å². The number of nitrogens with zero attached hydrogens (tertiary/aromatic N) is 1. The van der Waals surface area contributed by atoms with Crippen molar-refractivity contribution in [2.75, 3.05) is 0 Å². The lowest BCUT2D eigenvalue weighted by atomic mass is 10.0. The maximum absolute atomic E-state index is 11.1. The Kier molecular flexibility index (Phi) is 3.36. The second-order valence-corrected chi connectivity index (χ2v) is 4.95. The van der Waals surface area contributed by atoms with Crippen LogP contribution in [0.3, 0.4) is 0 Å². The van der Waals surface area contributed by atoms with Gasteiger partial charge in [-0.25, -0.2) is 0 Å². The van der Waals surface area contributed by atoms with Gasteiger partial charge in [-0.3, -0.25) is 9.78 Å². The molecule has 0 saturated heterocycles. The van der Waals surface area contributed by atoms with Crippen LogP contribution in [0, 0.1) is 0 Å². The van der Waals surface area contributed by atoms with E-state index in [-0.39, 0.29) is 5.92 Å². The lowest BCUT2D eigenvalue weighted by Crippen LogP contribution is -1.97. The molecule has 0 unspecified atom stereocenters. The summed E-state index contributed by atoms with van der Waals surface area (Å²) in [6.07, 6.45) is 0.820. The normalized spacial score (nSPS) is 11.1. The van der Waals surface area contributed by atoms with Crippen molar-refractivity contribution in [2.24, 2.45) is 0 Å². The van der Waals surface area contributed by atoms with E-state index in [0.717, 1.165) is 17.4 Å². The molecule has 0 aliphatic heterocycles. The maximum Gasteiger partial charge on any atom is 0.150 e. The van der Waals surface area contributed by atoms with Crippen LogP contribution in [0.1, 0.15) is 35.8 Å². The van der Waals surface area contributed by atoms with Gasteiger partial charge in [0.2, 0.25) is 0 Å². The van der Waals surface area contributed by atoms with Crippen LogP contribution in [0.2, 0.25) is 10.0 Å². The predicted octanol–water partition coefficient (Wildman–Crippen LogP) is 4.48. The maximum atomic E-state index is 11.1. The average molecular weight is 268 g/mol. The van der Waals surface area contributed by atoms with Crippen molar-refractivity contribution in [1.29, 1.82) is 0 Å². The summed E-state index contributed by atoms with van der Waals surface area (Å²) in [4.78, 5) is 15.6. The minimum atomic E-state index is 0.230. The Morgan fingerprint density at radius 2 is 2.00 bits per heavy atom. The number of benzene rings is 1. The quantitative estimate of drug-likeness (QED) is 0.752. The van der Waals surface area contributed by atoms with Crippen molar-refractivity contribution in [2.45, 2.75) is 19.8 Å². The summed E-state index contributed by atoms with van der Waals surface area (Å²) in [6, 6.07) is 5.24. The Morgan fingerprint density at radius 1 is 1.29 bits per heavy atom. The van der Waals surface area contributed by atoms with Crippen LogP contribution in [0.25, 0.3) is 10.9 Å². The third kappa shape index (κ3) is 2.15. The first-order valence-corrected chi connectivity index (χ1v) is 6.04. The summed E-state index contributed by atoms with van der Waals surface area (Å²) in [5, 5.41) is 1.58. The highest BCUT2D eigenvalue weighted by Crippen LogP contribution is 2.32. The van der Waals surface area contributed by atoms with Crippen LogP contribution in [0.15, 0.2) is 18.2 Å². The summed E-state index contributed by atoms with van der Waals surface area (Å²) in [5.41, 5.74) is 2.02. The molecule has 2 aromatic rings. The molecule has 0 bridgehead atoms. The molecular formula is C13H11Cl2NO. The number of hydrogen-bond donors (Lipinski definition) is 0. The SMILES string of the molecule is CC(C)c1cc(C=O)c2ccc(Cl)c(Cl)c2n1. The molecule has 4 heteroatoms. The molecule has 2 rings (SSSR count). The zero-order valence-corrected chi connectivity index (χ0v) is 11.0. The lowest BCUT2D eigenvalue weighted by Gasteiger charge is -2.10. The molecule has 0 aliphatic rings. The van der Waals surface area contributed by atoms with Crippen molar-refractivity contribution in [1.82, 2.24) is 4.98 Å². The first-order chi connectivity index (χ1) is 8.04. The van der Waals surface area contributed by atoms with Crippen molar-refractivity contribution < 1.29 is 4.79 Å². The highest BCUT2D eigenvalue weighted by molar-refractivity contribution is 6.45. The number of pyridine rings is 1. The molecule has 0 spiro atoms. The highest BCUT2D eigenvalue weighted by Gasteiger charge is 2.12. The van der Waals surface area contributed by atoms with Gasteiger partial charge in [-0.05, 0) is 18.1 Å². The van der Waals surface area contributed by atoms with Crippen molar-refractivity contribution >= 4 is 40.4 Å². The van der Waals surface area contributed by atoms with Gasteiger partial charge in [0, 0.05) is 16.6 Å². The molecule has 0 amide bonds. The number of fused-ring (bicyclic) bond motifs is 1. The van der Waals surface area contributed by atoms with Gasteiger partial charge < -0.3 is 0 Å². The summed E-state index contributed by atoms with van der Waals surface area (Å²) >= 11 is 12.1. The van der Waals surface area contributed by atoms with Crippen molar-refractivity contribution in [3.05, 3.63) is 39.5 Å². The second-order valence-electron chi connectivity index (χ2n) is 4.17. The summed E-state index contributed by atoms with van der Waals surface area (Å²) in [5.74, 6) is 0.230. The molecule has 2 nitrogen and oxygen atoms in total. The predicted molar refractivity (Wildman–Crippen MR) is 71.2 cm³/mol. The van der Waals surface area contributed by atoms with Gasteiger partial charge in [0.25, 0.3) is 0 Å². The summed E-state index contributed by atoms with van der Waals surface area (Å²) in [6.45, 7) is 4.03. The van der Waals surface area contributed by atoms with E-state index >= 15 is 0 Å². The number of aromatic nitrogens is 1. The molecule has 1 aromatic carbocycles. The Hall–Kier alpha value is -1.12. The fourth-order valence-corrected chi connectivity index (χ4v) is 2.03. The third-order valence-corrected chi connectivity index (χ3v) is 3.44. The van der Waals surface area contributed by atoms with Gasteiger partial charge in [-0.1, -0.05) is 43.1 Å². The number of aldehydes is 1. The zero-order valence-electron chi connectivity index (χ0n) is 9.50. The number of rotatable bonds is 2. The minimum absolute atomic E-state index is 0.230. The lowest BCUT2D eigenvalue weighted by molar-refractivity contribution is 0.112. The van der Waals surface area contributed by atoms with E-state index in [1.54, 1.807) is 18.2 Å². The second kappa shape index (κ2) is 4.63. The zero-order chi connectivity index (χ0) is 12.6. The molecular weight excluding hydrogens is 257 g/mol. The molecule has 1 aromatic heterocycles. The van der Waals surface area contributed by atoms with E-state index in [4.69, 9.17) is 23.2 Å². The van der Waals surface area contributed by atoms with Crippen LogP contribution in [0.5, 0.6) is 0 Å². The van der Waals surface area contributed by atoms with E-state index in [1.807, 2.05) is 13.8 Å². The monoisotopic (exact) mass is 267 g/mol. The number of hydrogen-bond acceptors (Lipinski definition) is 2. The Balaban J connectivity index is 2.88. The third-order valence-electron chi connectivity index (χ3n) is 2.64. The van der Waals surface area contributed by atoms with Crippen LogP contribution >= 0.6 is 23.2 Å². The molecule has 0 N–H and O–H groups in total. The summed E-state index contributed by atoms with van der Waals surface area (Å²) < 4.78 is 0. The van der Waals surface area contributed by atoms with E-state index in [9.17, 15) is 4.79 Å². The Labute approximate surface area is 110 Å². The standard InChI is InChI=1S/C13H11Cl2NO/c1-7(2)11-5-8(6-17)9-3-4-10(14)12(15)13(9)16-11/h3-7H,1-2H3. The molecule has 88 valence electrons. The molecule has 17 heavy (non-hydrogen) atoms. The van der Waals surface area contributed by atoms with E-state index < -0.39 is 0 Å². The molecule has 0 atom stereocenters. The Morgan fingerprint density at radius 3 is 2.59 bits per heavy atom. The number of halogens is 2. The number of carbonyl (C=O) groups excluding carboxylic acids is 1. The van der Waals surface area contributed by atoms with Gasteiger partial charge >= 0.3 is 0 Å². The van der Waals surface area contributed by atoms with Crippen LogP contribution in [-0.2, 0) is 0 Å². The smallest absolute Gasteiger partial charge is 0.150 e. The number of carbonyl (C=O) groups is 1. The average Bonchev–Trinajstić information content (AvgIpc) is 2.32. The first-order valence-electron chi connectivity index (χ1n) is 5.28. The van der Waals surface area contributed by atoms with Crippen molar-refractivity contribution in [3.63, 3.8) is 0 Å². The van der Waals surface area contributed by atoms with Crippen LogP contribution < -0.4 is 0 Å². The highest BCUT2D eigenvalue weighted by atomic mass is 35.5.